The Hall–Kier alpha value is -3.04. The number of hydrogen-bond acceptors (Lipinski definition) is 7. The number of rotatable bonds is 6. The monoisotopic (exact) mass is 418 g/mol. The molecule has 1 N–H and O–H groups in total. The van der Waals surface area contributed by atoms with Crippen LogP contribution in [0.4, 0.5) is 21.6 Å². The first-order valence-electron chi connectivity index (χ1n) is 8.91. The van der Waals surface area contributed by atoms with E-state index < -0.39 is 10.7 Å². The number of fused-ring (bicyclic) bond motifs is 1. The molecular weight excluding hydrogens is 403 g/mol. The molecule has 1 fully saturated rings. The fourth-order valence-electron chi connectivity index (χ4n) is 3.10. The van der Waals surface area contributed by atoms with Crippen molar-refractivity contribution in [3.05, 3.63) is 57.6 Å². The molecule has 0 amide bonds. The third-order valence-corrected chi connectivity index (χ3v) is 4.83. The molecule has 1 aliphatic rings. The van der Waals surface area contributed by atoms with Gasteiger partial charge < -0.3 is 14.8 Å². The molecule has 8 nitrogen and oxygen atoms in total. The van der Waals surface area contributed by atoms with E-state index in [0.29, 0.717) is 29.0 Å². The molecule has 10 heteroatoms. The molecule has 150 valence electrons. The molecule has 1 aromatic heterocycles. The summed E-state index contributed by atoms with van der Waals surface area (Å²) < 4.78 is 24.5. The van der Waals surface area contributed by atoms with E-state index in [-0.39, 0.29) is 29.2 Å². The van der Waals surface area contributed by atoms with Gasteiger partial charge in [0.2, 0.25) is 0 Å². The van der Waals surface area contributed by atoms with Crippen LogP contribution < -0.4 is 10.1 Å². The van der Waals surface area contributed by atoms with E-state index in [1.54, 1.807) is 0 Å². The van der Waals surface area contributed by atoms with Gasteiger partial charge in [-0.3, -0.25) is 10.1 Å². The number of nitro benzene ring substituents is 1. The quantitative estimate of drug-likeness (QED) is 0.460. The number of ether oxygens (including phenoxy) is 2. The van der Waals surface area contributed by atoms with Crippen molar-refractivity contribution in [3.8, 4) is 5.75 Å². The fraction of sp³-hybridized carbons (Fsp3) is 0.263. The van der Waals surface area contributed by atoms with Crippen LogP contribution in [0.25, 0.3) is 10.9 Å². The number of nitro groups is 1. The van der Waals surface area contributed by atoms with Crippen molar-refractivity contribution in [2.24, 2.45) is 0 Å². The van der Waals surface area contributed by atoms with E-state index in [1.807, 2.05) is 0 Å². The Morgan fingerprint density at radius 1 is 1.34 bits per heavy atom. The third kappa shape index (κ3) is 4.20. The van der Waals surface area contributed by atoms with Crippen LogP contribution in [0, 0.1) is 15.9 Å². The number of halogens is 2. The van der Waals surface area contributed by atoms with E-state index in [0.717, 1.165) is 12.8 Å². The van der Waals surface area contributed by atoms with Crippen molar-refractivity contribution < 1.29 is 18.8 Å². The molecule has 0 saturated carbocycles. The van der Waals surface area contributed by atoms with Crippen molar-refractivity contribution >= 4 is 39.7 Å². The van der Waals surface area contributed by atoms with Crippen LogP contribution in [-0.4, -0.2) is 34.2 Å². The van der Waals surface area contributed by atoms with Gasteiger partial charge >= 0.3 is 5.69 Å². The number of benzene rings is 2. The Balaban J connectivity index is 1.68. The van der Waals surface area contributed by atoms with Crippen LogP contribution in [0.15, 0.2) is 36.7 Å². The summed E-state index contributed by atoms with van der Waals surface area (Å²) in [6, 6.07) is 6.97. The van der Waals surface area contributed by atoms with Gasteiger partial charge in [0.15, 0.2) is 5.75 Å². The van der Waals surface area contributed by atoms with Gasteiger partial charge in [0.25, 0.3) is 0 Å². The van der Waals surface area contributed by atoms with Gasteiger partial charge in [-0.15, -0.1) is 0 Å². The van der Waals surface area contributed by atoms with Crippen LogP contribution in [0.2, 0.25) is 5.02 Å². The average Bonchev–Trinajstić information content (AvgIpc) is 3.22. The Kier molecular flexibility index (Phi) is 5.41. The van der Waals surface area contributed by atoms with Crippen molar-refractivity contribution in [3.63, 3.8) is 0 Å². The smallest absolute Gasteiger partial charge is 0.311 e. The van der Waals surface area contributed by atoms with Gasteiger partial charge in [-0.05, 0) is 31.0 Å². The highest BCUT2D eigenvalue weighted by molar-refractivity contribution is 6.31. The number of nitrogens with one attached hydrogen (secondary N) is 1. The molecule has 1 atom stereocenters. The maximum atomic E-state index is 13.4. The van der Waals surface area contributed by atoms with E-state index in [4.69, 9.17) is 21.1 Å². The van der Waals surface area contributed by atoms with E-state index >= 15 is 0 Å². The molecular formula is C19H16ClFN4O4. The summed E-state index contributed by atoms with van der Waals surface area (Å²) in [5.74, 6) is -0.104. The number of aromatic nitrogens is 2. The van der Waals surface area contributed by atoms with Gasteiger partial charge in [-0.25, -0.2) is 14.4 Å². The third-order valence-electron chi connectivity index (χ3n) is 4.54. The number of hydrogen-bond donors (Lipinski definition) is 1. The SMILES string of the molecule is O=[N+]([O-])c1cc2c(Nc3ccc(F)c(Cl)c3)ncnc2cc1OCC1CCCO1. The molecule has 3 aromatic rings. The second kappa shape index (κ2) is 8.14. The summed E-state index contributed by atoms with van der Waals surface area (Å²) in [7, 11) is 0. The number of anilines is 2. The number of nitrogens with zero attached hydrogens (tertiary/aromatic N) is 3. The second-order valence-electron chi connectivity index (χ2n) is 6.52. The standard InChI is InChI=1S/C19H16ClFN4O4/c20-14-6-11(3-4-15(14)21)24-19-13-7-17(25(26)27)18(8-16(13)22-10-23-19)29-9-12-2-1-5-28-12/h3-4,6-8,10,12H,1-2,5,9H2,(H,22,23,24). The highest BCUT2D eigenvalue weighted by Gasteiger charge is 2.22. The molecule has 2 aromatic carbocycles. The first-order chi connectivity index (χ1) is 14.0. The summed E-state index contributed by atoms with van der Waals surface area (Å²) in [5.41, 5.74) is 0.742. The van der Waals surface area contributed by atoms with Crippen molar-refractivity contribution in [2.45, 2.75) is 18.9 Å². The van der Waals surface area contributed by atoms with Crippen molar-refractivity contribution in [1.82, 2.24) is 9.97 Å². The molecule has 1 saturated heterocycles. The Labute approximate surface area is 169 Å². The van der Waals surface area contributed by atoms with Crippen LogP contribution >= 0.6 is 11.6 Å². The molecule has 4 rings (SSSR count). The maximum Gasteiger partial charge on any atom is 0.311 e. The van der Waals surface area contributed by atoms with Crippen molar-refractivity contribution in [1.29, 1.82) is 0 Å². The predicted octanol–water partition coefficient (Wildman–Crippen LogP) is 4.63. The van der Waals surface area contributed by atoms with Crippen molar-refractivity contribution in [2.75, 3.05) is 18.5 Å². The minimum atomic E-state index is -0.548. The highest BCUT2D eigenvalue weighted by atomic mass is 35.5. The van der Waals surface area contributed by atoms with Gasteiger partial charge in [-0.2, -0.15) is 0 Å². The Morgan fingerprint density at radius 3 is 2.93 bits per heavy atom. The van der Waals surface area contributed by atoms with Gasteiger partial charge in [0.1, 0.15) is 24.6 Å². The minimum Gasteiger partial charge on any atom is -0.484 e. The van der Waals surface area contributed by atoms with Gasteiger partial charge in [-0.1, -0.05) is 11.6 Å². The van der Waals surface area contributed by atoms with Crippen LogP contribution in [-0.2, 0) is 4.74 Å². The van der Waals surface area contributed by atoms with Crippen LogP contribution in [0.5, 0.6) is 5.75 Å². The molecule has 0 aliphatic carbocycles. The molecule has 0 bridgehead atoms. The van der Waals surface area contributed by atoms with E-state index in [2.05, 4.69) is 15.3 Å². The lowest BCUT2D eigenvalue weighted by atomic mass is 10.2. The molecule has 1 aliphatic heterocycles. The molecule has 0 radical (unpaired) electrons. The summed E-state index contributed by atoms with van der Waals surface area (Å²) in [5, 5.41) is 14.9. The van der Waals surface area contributed by atoms with E-state index in [1.165, 1.54) is 36.7 Å². The maximum absolute atomic E-state index is 13.4. The lowest BCUT2D eigenvalue weighted by Gasteiger charge is -2.13. The highest BCUT2D eigenvalue weighted by Crippen LogP contribution is 2.35. The normalized spacial score (nSPS) is 16.1. The molecule has 1 unspecified atom stereocenters. The molecule has 0 spiro atoms. The minimum absolute atomic E-state index is 0.0517. The summed E-state index contributed by atoms with van der Waals surface area (Å²) in [6.07, 6.45) is 3.06. The lowest BCUT2D eigenvalue weighted by molar-refractivity contribution is -0.385. The van der Waals surface area contributed by atoms with E-state index in [9.17, 15) is 14.5 Å². The zero-order valence-electron chi connectivity index (χ0n) is 15.1. The topological polar surface area (TPSA) is 99.4 Å². The second-order valence-corrected chi connectivity index (χ2v) is 6.92. The Bertz CT molecular complexity index is 1080. The molecule has 29 heavy (non-hydrogen) atoms. The van der Waals surface area contributed by atoms with Crippen LogP contribution in [0.1, 0.15) is 12.8 Å². The van der Waals surface area contributed by atoms with Gasteiger partial charge in [0, 0.05) is 24.4 Å². The summed E-state index contributed by atoms with van der Waals surface area (Å²) in [6.45, 7) is 0.903. The fourth-order valence-corrected chi connectivity index (χ4v) is 3.28. The molecule has 2 heterocycles. The zero-order valence-corrected chi connectivity index (χ0v) is 15.9. The van der Waals surface area contributed by atoms with Gasteiger partial charge in [0.05, 0.1) is 27.0 Å². The summed E-state index contributed by atoms with van der Waals surface area (Å²) in [4.78, 5) is 19.4. The lowest BCUT2D eigenvalue weighted by Crippen LogP contribution is -2.16. The average molecular weight is 419 g/mol. The summed E-state index contributed by atoms with van der Waals surface area (Å²) >= 11 is 5.81. The van der Waals surface area contributed by atoms with Crippen LogP contribution in [0.3, 0.4) is 0 Å². The first kappa shape index (κ1) is 19.3. The first-order valence-corrected chi connectivity index (χ1v) is 9.28. The predicted molar refractivity (Wildman–Crippen MR) is 105 cm³/mol. The Morgan fingerprint density at radius 2 is 2.21 bits per heavy atom. The largest absolute Gasteiger partial charge is 0.484 e. The zero-order chi connectivity index (χ0) is 20.4.